The average molecular weight is 367 g/mol. The first-order chi connectivity index (χ1) is 13.8. The summed E-state index contributed by atoms with van der Waals surface area (Å²) in [5.74, 6) is -0.164. The zero-order chi connectivity index (χ0) is 18.9. The summed E-state index contributed by atoms with van der Waals surface area (Å²) in [6.07, 6.45) is 4.10. The molecule has 136 valence electrons. The third-order valence-corrected chi connectivity index (χ3v) is 5.25. The number of fused-ring (bicyclic) bond motifs is 3. The first kappa shape index (κ1) is 16.7. The second-order valence-electron chi connectivity index (χ2n) is 7.10. The maximum absolute atomic E-state index is 14.0. The molecule has 2 aromatic heterocycles. The number of rotatable bonds is 4. The Morgan fingerprint density at radius 3 is 2.07 bits per heavy atom. The number of halogens is 1. The molecule has 0 spiro atoms. The second kappa shape index (κ2) is 6.93. The van der Waals surface area contributed by atoms with Crippen molar-refractivity contribution in [2.45, 2.75) is 13.1 Å². The van der Waals surface area contributed by atoms with Gasteiger partial charge in [-0.05, 0) is 30.3 Å². The smallest absolute Gasteiger partial charge is 0.176 e. The minimum atomic E-state index is -0.164. The van der Waals surface area contributed by atoms with Gasteiger partial charge in [0, 0.05) is 33.4 Å². The molecule has 0 saturated carbocycles. The lowest BCUT2D eigenvalue weighted by molar-refractivity contribution is -0.689. The number of aromatic nitrogens is 2. The van der Waals surface area contributed by atoms with Gasteiger partial charge in [0.25, 0.3) is 0 Å². The Balaban J connectivity index is 1.54. The van der Waals surface area contributed by atoms with Crippen molar-refractivity contribution in [1.29, 1.82) is 0 Å². The molecule has 0 aliphatic rings. The topological polar surface area (TPSA) is 8.81 Å². The first-order valence-electron chi connectivity index (χ1n) is 9.47. The summed E-state index contributed by atoms with van der Waals surface area (Å²) in [4.78, 5) is 0. The summed E-state index contributed by atoms with van der Waals surface area (Å²) >= 11 is 0. The predicted molar refractivity (Wildman–Crippen MR) is 111 cm³/mol. The van der Waals surface area contributed by atoms with Crippen molar-refractivity contribution in [3.63, 3.8) is 0 Å². The van der Waals surface area contributed by atoms with Crippen LogP contribution in [0.3, 0.4) is 0 Å². The molecule has 28 heavy (non-hydrogen) atoms. The predicted octanol–water partition coefficient (Wildman–Crippen LogP) is 5.32. The van der Waals surface area contributed by atoms with E-state index in [0.717, 1.165) is 6.54 Å². The molecule has 0 aliphatic carbocycles. The minimum Gasteiger partial charge on any atom is -0.336 e. The lowest BCUT2D eigenvalue weighted by atomic mass is 10.2. The largest absolute Gasteiger partial charge is 0.336 e. The van der Waals surface area contributed by atoms with Crippen LogP contribution in [-0.4, -0.2) is 4.57 Å². The van der Waals surface area contributed by atoms with Gasteiger partial charge in [0.2, 0.25) is 0 Å². The summed E-state index contributed by atoms with van der Waals surface area (Å²) in [6, 6.07) is 28.1. The average Bonchev–Trinajstić information content (AvgIpc) is 3.04. The van der Waals surface area contributed by atoms with Crippen LogP contribution in [0.4, 0.5) is 4.39 Å². The van der Waals surface area contributed by atoms with E-state index >= 15 is 0 Å². The molecule has 3 aromatic carbocycles. The van der Waals surface area contributed by atoms with Crippen LogP contribution in [0.5, 0.6) is 0 Å². The zero-order valence-electron chi connectivity index (χ0n) is 15.4. The van der Waals surface area contributed by atoms with E-state index in [1.54, 1.807) is 6.07 Å². The maximum Gasteiger partial charge on any atom is 0.176 e. The third kappa shape index (κ3) is 2.95. The summed E-state index contributed by atoms with van der Waals surface area (Å²) in [5, 5.41) is 2.54. The number of para-hydroxylation sites is 2. The van der Waals surface area contributed by atoms with E-state index in [-0.39, 0.29) is 5.82 Å². The molecule has 0 unspecified atom stereocenters. The van der Waals surface area contributed by atoms with E-state index in [0.29, 0.717) is 12.1 Å². The van der Waals surface area contributed by atoms with Crippen LogP contribution in [-0.2, 0) is 13.1 Å². The van der Waals surface area contributed by atoms with Crippen LogP contribution >= 0.6 is 0 Å². The molecular formula is C25H20FN2+. The lowest BCUT2D eigenvalue weighted by Gasteiger charge is -2.07. The van der Waals surface area contributed by atoms with E-state index in [1.165, 1.54) is 33.4 Å². The van der Waals surface area contributed by atoms with Crippen molar-refractivity contribution in [1.82, 2.24) is 4.57 Å². The summed E-state index contributed by atoms with van der Waals surface area (Å²) < 4.78 is 18.4. The molecule has 0 amide bonds. The summed E-state index contributed by atoms with van der Waals surface area (Å²) in [5.41, 5.74) is 4.34. The second-order valence-corrected chi connectivity index (χ2v) is 7.10. The molecule has 0 fully saturated rings. The maximum atomic E-state index is 14.0. The van der Waals surface area contributed by atoms with Crippen molar-refractivity contribution in [3.05, 3.63) is 114 Å². The Labute approximate surface area is 163 Å². The van der Waals surface area contributed by atoms with Crippen LogP contribution in [0.2, 0.25) is 0 Å². The highest BCUT2D eigenvalue weighted by Gasteiger charge is 2.12. The molecule has 5 rings (SSSR count). The van der Waals surface area contributed by atoms with Crippen molar-refractivity contribution >= 4 is 21.8 Å². The standard InChI is InChI=1S/C25H20FN2/c26-23-12-4-1-9-20(23)18-27-15-7-8-19(16-27)17-28-24-13-5-2-10-21(24)22-11-3-6-14-25(22)28/h1-16H,17-18H2/q+1. The van der Waals surface area contributed by atoms with Gasteiger partial charge in [0.1, 0.15) is 5.82 Å². The number of nitrogens with zero attached hydrogens (tertiary/aromatic N) is 2. The fraction of sp³-hybridized carbons (Fsp3) is 0.0800. The molecule has 0 atom stereocenters. The number of hydrogen-bond acceptors (Lipinski definition) is 0. The van der Waals surface area contributed by atoms with Gasteiger partial charge in [-0.2, -0.15) is 0 Å². The molecule has 5 aromatic rings. The number of pyridine rings is 1. The molecule has 2 heterocycles. The molecule has 0 radical (unpaired) electrons. The van der Waals surface area contributed by atoms with Gasteiger partial charge in [0.05, 0.1) is 12.1 Å². The molecule has 2 nitrogen and oxygen atoms in total. The Hall–Kier alpha value is -3.46. The summed E-state index contributed by atoms with van der Waals surface area (Å²) in [6.45, 7) is 1.29. The van der Waals surface area contributed by atoms with E-state index < -0.39 is 0 Å². The number of benzene rings is 3. The fourth-order valence-corrected chi connectivity index (χ4v) is 3.95. The van der Waals surface area contributed by atoms with Gasteiger partial charge in [0.15, 0.2) is 18.9 Å². The SMILES string of the molecule is Fc1ccccc1C[n+]1cccc(Cn2c3ccccc3c3ccccc32)c1. The third-order valence-electron chi connectivity index (χ3n) is 5.25. The van der Waals surface area contributed by atoms with Gasteiger partial charge in [-0.3, -0.25) is 0 Å². The van der Waals surface area contributed by atoms with Crippen molar-refractivity contribution < 1.29 is 8.96 Å². The Morgan fingerprint density at radius 2 is 1.36 bits per heavy atom. The highest BCUT2D eigenvalue weighted by atomic mass is 19.1. The zero-order valence-corrected chi connectivity index (χ0v) is 15.4. The van der Waals surface area contributed by atoms with E-state index in [1.807, 2.05) is 29.0 Å². The molecular weight excluding hydrogens is 347 g/mol. The van der Waals surface area contributed by atoms with Crippen molar-refractivity contribution in [3.8, 4) is 0 Å². The van der Waals surface area contributed by atoms with E-state index in [4.69, 9.17) is 0 Å². The van der Waals surface area contributed by atoms with Crippen LogP contribution in [0.25, 0.3) is 21.8 Å². The van der Waals surface area contributed by atoms with Crippen LogP contribution in [0.1, 0.15) is 11.1 Å². The van der Waals surface area contributed by atoms with Gasteiger partial charge in [-0.25, -0.2) is 8.96 Å². The van der Waals surface area contributed by atoms with Crippen molar-refractivity contribution in [2.75, 3.05) is 0 Å². The molecule has 0 bridgehead atoms. The van der Waals surface area contributed by atoms with Crippen molar-refractivity contribution in [2.24, 2.45) is 0 Å². The van der Waals surface area contributed by atoms with Gasteiger partial charge in [-0.1, -0.05) is 48.5 Å². The molecule has 3 heteroatoms. The lowest BCUT2D eigenvalue weighted by Crippen LogP contribution is -2.34. The molecule has 0 aliphatic heterocycles. The molecule has 0 saturated heterocycles. The highest BCUT2D eigenvalue weighted by Crippen LogP contribution is 2.29. The minimum absolute atomic E-state index is 0.164. The van der Waals surface area contributed by atoms with Gasteiger partial charge < -0.3 is 4.57 Å². The monoisotopic (exact) mass is 367 g/mol. The molecule has 0 N–H and O–H groups in total. The summed E-state index contributed by atoms with van der Waals surface area (Å²) in [7, 11) is 0. The van der Waals surface area contributed by atoms with Crippen LogP contribution in [0, 0.1) is 5.82 Å². The van der Waals surface area contributed by atoms with Crippen LogP contribution < -0.4 is 4.57 Å². The first-order valence-corrected chi connectivity index (χ1v) is 9.47. The normalized spacial score (nSPS) is 11.3. The Morgan fingerprint density at radius 1 is 0.714 bits per heavy atom. The fourth-order valence-electron chi connectivity index (χ4n) is 3.95. The highest BCUT2D eigenvalue weighted by molar-refractivity contribution is 6.08. The van der Waals surface area contributed by atoms with E-state index in [9.17, 15) is 4.39 Å². The quantitative estimate of drug-likeness (QED) is 0.380. The van der Waals surface area contributed by atoms with Gasteiger partial charge >= 0.3 is 0 Å². The van der Waals surface area contributed by atoms with E-state index in [2.05, 4.69) is 65.4 Å². The Kier molecular flexibility index (Phi) is 4.13. The Bertz CT molecular complexity index is 1230. The number of hydrogen-bond donors (Lipinski definition) is 0. The van der Waals surface area contributed by atoms with Crippen LogP contribution in [0.15, 0.2) is 97.3 Å². The van der Waals surface area contributed by atoms with Gasteiger partial charge in [-0.15, -0.1) is 0 Å².